The van der Waals surface area contributed by atoms with Gasteiger partial charge in [0, 0.05) is 5.56 Å². The lowest BCUT2D eigenvalue weighted by Gasteiger charge is -2.19. The highest BCUT2D eigenvalue weighted by Crippen LogP contribution is 2.33. The minimum atomic E-state index is -0.0929. The highest BCUT2D eigenvalue weighted by atomic mass is 32.1. The van der Waals surface area contributed by atoms with E-state index in [1.165, 1.54) is 22.5 Å². The zero-order valence-electron chi connectivity index (χ0n) is 16.8. The van der Waals surface area contributed by atoms with Crippen molar-refractivity contribution in [1.82, 2.24) is 4.98 Å². The Balaban J connectivity index is 1.59. The van der Waals surface area contributed by atoms with Crippen molar-refractivity contribution in [3.05, 3.63) is 95.4 Å². The molecule has 0 N–H and O–H groups in total. The summed E-state index contributed by atoms with van der Waals surface area (Å²) in [5.74, 6) is 0.625. The number of thiazole rings is 1. The molecule has 0 unspecified atom stereocenters. The van der Waals surface area contributed by atoms with Crippen LogP contribution in [0.3, 0.4) is 0 Å². The van der Waals surface area contributed by atoms with E-state index in [0.29, 0.717) is 17.2 Å². The molecule has 0 saturated heterocycles. The Bertz CT molecular complexity index is 1330. The highest BCUT2D eigenvalue weighted by Gasteiger charge is 2.23. The fraction of sp³-hybridized carbons (Fsp3) is 0.120. The first-order chi connectivity index (χ1) is 14.6. The van der Waals surface area contributed by atoms with Crippen LogP contribution in [0, 0.1) is 13.8 Å². The summed E-state index contributed by atoms with van der Waals surface area (Å²) in [5, 5.41) is 2.82. The molecular formula is C25H20N2O2S. The number of fused-ring (bicyclic) bond motifs is 2. The van der Waals surface area contributed by atoms with E-state index in [0.717, 1.165) is 26.7 Å². The van der Waals surface area contributed by atoms with Crippen molar-refractivity contribution in [3.8, 4) is 0 Å². The molecule has 3 aromatic carbocycles. The summed E-state index contributed by atoms with van der Waals surface area (Å²) in [6, 6.07) is 21.8. The van der Waals surface area contributed by atoms with Crippen LogP contribution in [0.4, 0.5) is 5.13 Å². The molecule has 1 amide bonds. The molecule has 0 aliphatic heterocycles. The van der Waals surface area contributed by atoms with Crippen LogP contribution in [-0.4, -0.2) is 10.9 Å². The minimum absolute atomic E-state index is 0.0929. The summed E-state index contributed by atoms with van der Waals surface area (Å²) in [4.78, 5) is 20.1. The van der Waals surface area contributed by atoms with Gasteiger partial charge in [0.15, 0.2) is 5.13 Å². The van der Waals surface area contributed by atoms with Gasteiger partial charge in [0.25, 0.3) is 5.91 Å². The van der Waals surface area contributed by atoms with E-state index in [1.54, 1.807) is 11.2 Å². The first-order valence-electron chi connectivity index (χ1n) is 9.79. The van der Waals surface area contributed by atoms with Gasteiger partial charge in [0.1, 0.15) is 5.76 Å². The van der Waals surface area contributed by atoms with Gasteiger partial charge < -0.3 is 4.42 Å². The first-order valence-corrected chi connectivity index (χ1v) is 10.6. The molecule has 5 aromatic rings. The van der Waals surface area contributed by atoms with Crippen molar-refractivity contribution < 1.29 is 9.21 Å². The third-order valence-electron chi connectivity index (χ3n) is 5.36. The summed E-state index contributed by atoms with van der Waals surface area (Å²) < 4.78 is 6.61. The molecule has 5 rings (SSSR count). The average molecular weight is 413 g/mol. The average Bonchev–Trinajstić information content (AvgIpc) is 3.41. The van der Waals surface area contributed by atoms with Crippen molar-refractivity contribution in [1.29, 1.82) is 0 Å². The van der Waals surface area contributed by atoms with Crippen molar-refractivity contribution in [2.75, 3.05) is 4.90 Å². The number of carbonyl (C=O) groups is 1. The highest BCUT2D eigenvalue weighted by molar-refractivity contribution is 7.22. The lowest BCUT2D eigenvalue weighted by molar-refractivity contribution is 0.0983. The third-order valence-corrected chi connectivity index (χ3v) is 6.40. The van der Waals surface area contributed by atoms with Gasteiger partial charge in [-0.25, -0.2) is 4.98 Å². The summed E-state index contributed by atoms with van der Waals surface area (Å²) in [7, 11) is 0. The van der Waals surface area contributed by atoms with Crippen molar-refractivity contribution >= 4 is 43.4 Å². The molecule has 0 aliphatic carbocycles. The number of aryl methyl sites for hydroxylation is 2. The summed E-state index contributed by atoms with van der Waals surface area (Å²) >= 11 is 1.53. The largest absolute Gasteiger partial charge is 0.467 e. The quantitative estimate of drug-likeness (QED) is 0.338. The summed E-state index contributed by atoms with van der Waals surface area (Å²) in [6.07, 6.45) is 1.62. The molecule has 148 valence electrons. The maximum atomic E-state index is 13.6. The number of benzene rings is 3. The van der Waals surface area contributed by atoms with Gasteiger partial charge in [0.2, 0.25) is 0 Å². The zero-order chi connectivity index (χ0) is 20.7. The Kier molecular flexibility index (Phi) is 4.60. The van der Waals surface area contributed by atoms with Crippen LogP contribution in [0.2, 0.25) is 0 Å². The van der Waals surface area contributed by atoms with Crippen LogP contribution in [-0.2, 0) is 6.54 Å². The Morgan fingerprint density at radius 2 is 1.77 bits per heavy atom. The zero-order valence-corrected chi connectivity index (χ0v) is 17.6. The maximum absolute atomic E-state index is 13.6. The van der Waals surface area contributed by atoms with Gasteiger partial charge in [-0.3, -0.25) is 9.69 Å². The Morgan fingerprint density at radius 1 is 0.967 bits per heavy atom. The Labute approximate surface area is 178 Å². The number of amides is 1. The molecule has 0 atom stereocenters. The van der Waals surface area contributed by atoms with E-state index in [9.17, 15) is 4.79 Å². The summed E-state index contributed by atoms with van der Waals surface area (Å²) in [6.45, 7) is 4.50. The van der Waals surface area contributed by atoms with E-state index >= 15 is 0 Å². The second-order valence-corrected chi connectivity index (χ2v) is 8.44. The van der Waals surface area contributed by atoms with Crippen molar-refractivity contribution in [2.24, 2.45) is 0 Å². The summed E-state index contributed by atoms with van der Waals surface area (Å²) in [5.41, 5.74) is 3.95. The maximum Gasteiger partial charge on any atom is 0.260 e. The van der Waals surface area contributed by atoms with Crippen LogP contribution in [0.1, 0.15) is 27.2 Å². The molecule has 0 fully saturated rings. The minimum Gasteiger partial charge on any atom is -0.467 e. The molecule has 0 bridgehead atoms. The van der Waals surface area contributed by atoms with Crippen LogP contribution >= 0.6 is 11.3 Å². The Hall–Kier alpha value is -3.44. The van der Waals surface area contributed by atoms with Gasteiger partial charge in [-0.2, -0.15) is 0 Å². The predicted octanol–water partition coefficient (Wildman–Crippen LogP) is 6.51. The van der Waals surface area contributed by atoms with Crippen LogP contribution in [0.15, 0.2) is 77.4 Å². The van der Waals surface area contributed by atoms with Gasteiger partial charge in [-0.1, -0.05) is 41.7 Å². The monoisotopic (exact) mass is 412 g/mol. The van der Waals surface area contributed by atoms with E-state index in [1.807, 2.05) is 54.6 Å². The topological polar surface area (TPSA) is 46.3 Å². The van der Waals surface area contributed by atoms with Crippen LogP contribution in [0.25, 0.3) is 21.0 Å². The molecule has 2 aromatic heterocycles. The first kappa shape index (κ1) is 18.6. The van der Waals surface area contributed by atoms with Gasteiger partial charge >= 0.3 is 0 Å². The predicted molar refractivity (Wildman–Crippen MR) is 122 cm³/mol. The molecule has 0 saturated carbocycles. The van der Waals surface area contributed by atoms with E-state index in [-0.39, 0.29) is 5.91 Å². The molecule has 0 spiro atoms. The number of aromatic nitrogens is 1. The molecular weight excluding hydrogens is 392 g/mol. The molecule has 0 radical (unpaired) electrons. The number of hydrogen-bond donors (Lipinski definition) is 0. The molecule has 4 nitrogen and oxygen atoms in total. The fourth-order valence-corrected chi connectivity index (χ4v) is 4.59. The van der Waals surface area contributed by atoms with Gasteiger partial charge in [-0.05, 0) is 72.1 Å². The van der Waals surface area contributed by atoms with E-state index in [2.05, 4.69) is 26.0 Å². The number of furan rings is 1. The SMILES string of the molecule is Cc1cc2nc(N(Cc3ccco3)C(=O)c3ccc4ccccc4c3)sc2cc1C. The lowest BCUT2D eigenvalue weighted by atomic mass is 10.1. The van der Waals surface area contributed by atoms with Crippen molar-refractivity contribution in [3.63, 3.8) is 0 Å². The van der Waals surface area contributed by atoms with Crippen molar-refractivity contribution in [2.45, 2.75) is 20.4 Å². The smallest absolute Gasteiger partial charge is 0.260 e. The molecule has 30 heavy (non-hydrogen) atoms. The van der Waals surface area contributed by atoms with Crippen LogP contribution < -0.4 is 4.90 Å². The number of carbonyl (C=O) groups excluding carboxylic acids is 1. The molecule has 0 aliphatic rings. The van der Waals surface area contributed by atoms with E-state index in [4.69, 9.17) is 9.40 Å². The fourth-order valence-electron chi connectivity index (χ4n) is 3.55. The number of nitrogens with zero attached hydrogens (tertiary/aromatic N) is 2. The lowest BCUT2D eigenvalue weighted by Crippen LogP contribution is -2.30. The van der Waals surface area contributed by atoms with Gasteiger partial charge in [-0.15, -0.1) is 0 Å². The number of anilines is 1. The van der Waals surface area contributed by atoms with Gasteiger partial charge in [0.05, 0.1) is 23.0 Å². The van der Waals surface area contributed by atoms with E-state index < -0.39 is 0 Å². The third kappa shape index (κ3) is 3.37. The normalized spacial score (nSPS) is 11.3. The second kappa shape index (κ2) is 7.43. The Morgan fingerprint density at radius 3 is 2.57 bits per heavy atom. The number of hydrogen-bond acceptors (Lipinski definition) is 4. The van der Waals surface area contributed by atoms with Crippen LogP contribution in [0.5, 0.6) is 0 Å². The molecule has 5 heteroatoms. The number of rotatable bonds is 4. The molecule has 2 heterocycles. The second-order valence-electron chi connectivity index (χ2n) is 7.43. The standard InChI is InChI=1S/C25H20N2O2S/c1-16-12-22-23(13-17(16)2)30-25(26-22)27(15-21-8-5-11-29-21)24(28)20-10-9-18-6-3-4-7-19(18)14-20/h3-14H,15H2,1-2H3.